The molecule has 0 aliphatic carbocycles. The smallest absolute Gasteiger partial charge is 0.365 e. The van der Waals surface area contributed by atoms with Gasteiger partial charge in [0, 0.05) is 10.9 Å². The molecule has 0 amide bonds. The van der Waals surface area contributed by atoms with Gasteiger partial charge in [0.15, 0.2) is 0 Å². The first-order valence-electron chi connectivity index (χ1n) is 7.58. The van der Waals surface area contributed by atoms with Gasteiger partial charge in [-0.1, -0.05) is 36.4 Å². The zero-order chi connectivity index (χ0) is 18.5. The highest BCUT2D eigenvalue weighted by atomic mass is 32.1. The number of aromatic nitrogens is 1. The van der Waals surface area contributed by atoms with Crippen molar-refractivity contribution in [3.05, 3.63) is 70.2 Å². The highest BCUT2D eigenvalue weighted by molar-refractivity contribution is 7.11. The summed E-state index contributed by atoms with van der Waals surface area (Å²) >= 11 is 0.718. The number of benzene rings is 2. The Morgan fingerprint density at radius 2 is 1.88 bits per heavy atom. The SMILES string of the molecule is O=C(O)c1nc(C(O)(O)C2(O)Oc3ccc(-c4ccccc4)c2c3)cs1. The van der Waals surface area contributed by atoms with Gasteiger partial charge in [0.25, 0.3) is 11.6 Å². The minimum Gasteiger partial charge on any atom is -0.476 e. The average Bonchev–Trinajstić information content (AvgIpc) is 3.22. The van der Waals surface area contributed by atoms with E-state index in [-0.39, 0.29) is 16.3 Å². The Morgan fingerprint density at radius 1 is 1.15 bits per heavy atom. The molecule has 7 nitrogen and oxygen atoms in total. The summed E-state index contributed by atoms with van der Waals surface area (Å²) in [6.07, 6.45) is 0. The lowest BCUT2D eigenvalue weighted by Crippen LogP contribution is -2.52. The molecule has 0 radical (unpaired) electrons. The van der Waals surface area contributed by atoms with Gasteiger partial charge >= 0.3 is 5.97 Å². The van der Waals surface area contributed by atoms with Crippen LogP contribution in [0.5, 0.6) is 5.75 Å². The van der Waals surface area contributed by atoms with E-state index in [1.165, 1.54) is 6.07 Å². The van der Waals surface area contributed by atoms with Crippen LogP contribution >= 0.6 is 11.3 Å². The van der Waals surface area contributed by atoms with Crippen molar-refractivity contribution in [3.8, 4) is 16.9 Å². The second kappa shape index (κ2) is 5.61. The number of carboxylic acids is 1. The summed E-state index contributed by atoms with van der Waals surface area (Å²) in [5, 5.41) is 42.3. The van der Waals surface area contributed by atoms with Crippen LogP contribution in [0.15, 0.2) is 53.9 Å². The highest BCUT2D eigenvalue weighted by Crippen LogP contribution is 2.49. The molecule has 0 spiro atoms. The summed E-state index contributed by atoms with van der Waals surface area (Å²) in [7, 11) is 0. The molecule has 8 heteroatoms. The van der Waals surface area contributed by atoms with Gasteiger partial charge in [-0.2, -0.15) is 0 Å². The summed E-state index contributed by atoms with van der Waals surface area (Å²) < 4.78 is 5.40. The summed E-state index contributed by atoms with van der Waals surface area (Å²) in [6, 6.07) is 13.9. The molecular weight excluding hydrogens is 358 g/mol. The monoisotopic (exact) mass is 371 g/mol. The molecule has 1 atom stereocenters. The van der Waals surface area contributed by atoms with E-state index >= 15 is 0 Å². The number of hydrogen-bond acceptors (Lipinski definition) is 7. The second-order valence-corrected chi connectivity index (χ2v) is 6.69. The third kappa shape index (κ3) is 2.31. The first kappa shape index (κ1) is 16.7. The van der Waals surface area contributed by atoms with Crippen LogP contribution in [0.2, 0.25) is 0 Å². The van der Waals surface area contributed by atoms with Crippen LogP contribution in [0, 0.1) is 0 Å². The number of aliphatic hydroxyl groups is 3. The maximum atomic E-state index is 11.1. The Kier molecular flexibility index (Phi) is 3.60. The third-order valence-corrected chi connectivity index (χ3v) is 5.05. The predicted octanol–water partition coefficient (Wildman–Crippen LogP) is 1.88. The van der Waals surface area contributed by atoms with E-state index in [1.807, 2.05) is 30.3 Å². The molecule has 1 aliphatic rings. The summed E-state index contributed by atoms with van der Waals surface area (Å²) in [6.45, 7) is 0. The first-order valence-corrected chi connectivity index (χ1v) is 8.46. The van der Waals surface area contributed by atoms with Gasteiger partial charge in [-0.3, -0.25) is 0 Å². The summed E-state index contributed by atoms with van der Waals surface area (Å²) in [4.78, 5) is 14.7. The van der Waals surface area contributed by atoms with Crippen LogP contribution < -0.4 is 4.74 Å². The van der Waals surface area contributed by atoms with Gasteiger partial charge in [0.2, 0.25) is 5.01 Å². The topological polar surface area (TPSA) is 120 Å². The number of aromatic carboxylic acids is 1. The van der Waals surface area contributed by atoms with E-state index in [9.17, 15) is 20.1 Å². The zero-order valence-corrected chi connectivity index (χ0v) is 14.0. The Morgan fingerprint density at radius 3 is 2.54 bits per heavy atom. The minimum atomic E-state index is -2.96. The van der Waals surface area contributed by atoms with E-state index in [2.05, 4.69) is 4.98 Å². The van der Waals surface area contributed by atoms with Gasteiger partial charge in [-0.05, 0) is 23.3 Å². The fourth-order valence-corrected chi connectivity index (χ4v) is 3.62. The van der Waals surface area contributed by atoms with E-state index in [0.717, 1.165) is 22.3 Å². The van der Waals surface area contributed by atoms with Gasteiger partial charge in [0.1, 0.15) is 11.4 Å². The molecule has 0 saturated carbocycles. The number of carboxylic acid groups (broad SMARTS) is 1. The second-order valence-electron chi connectivity index (χ2n) is 5.83. The standard InChI is InChI=1S/C18H13NO6S/c20-16(21)15-19-14(9-26-15)17(22,23)18(24)13-8-11(25-18)6-7-12(13)10-4-2-1-3-5-10/h1-9,22-24H,(H,20,21). The van der Waals surface area contributed by atoms with Crippen molar-refractivity contribution in [3.63, 3.8) is 0 Å². The number of ether oxygens (including phenoxy) is 1. The molecule has 26 heavy (non-hydrogen) atoms. The molecule has 0 saturated heterocycles. The van der Waals surface area contributed by atoms with E-state index in [0.29, 0.717) is 5.56 Å². The van der Waals surface area contributed by atoms with Crippen LogP contribution in [-0.2, 0) is 11.6 Å². The normalized spacial score (nSPS) is 18.6. The van der Waals surface area contributed by atoms with Gasteiger partial charge in [-0.15, -0.1) is 11.3 Å². The van der Waals surface area contributed by atoms with Gasteiger partial charge in [0.05, 0.1) is 0 Å². The lowest BCUT2D eigenvalue weighted by Gasteiger charge is -2.35. The first-order chi connectivity index (χ1) is 12.3. The van der Waals surface area contributed by atoms with Crippen LogP contribution in [0.4, 0.5) is 0 Å². The number of nitrogens with zero attached hydrogens (tertiary/aromatic N) is 1. The number of hydrogen-bond donors (Lipinski definition) is 4. The Bertz CT molecular complexity index is 1000. The Hall–Kier alpha value is -2.78. The molecule has 132 valence electrons. The summed E-state index contributed by atoms with van der Waals surface area (Å²) in [5.74, 6) is -6.55. The highest BCUT2D eigenvalue weighted by Gasteiger charge is 2.59. The molecule has 2 aromatic carbocycles. The molecule has 3 aromatic rings. The van der Waals surface area contributed by atoms with Crippen molar-refractivity contribution in [1.29, 1.82) is 0 Å². The van der Waals surface area contributed by atoms with E-state index < -0.39 is 23.2 Å². The van der Waals surface area contributed by atoms with Crippen LogP contribution in [0.25, 0.3) is 11.1 Å². The van der Waals surface area contributed by atoms with Gasteiger partial charge in [-0.25, -0.2) is 9.78 Å². The minimum absolute atomic E-state index is 0.149. The molecular formula is C18H13NO6S. The molecule has 1 aliphatic heterocycles. The predicted molar refractivity (Wildman–Crippen MR) is 91.6 cm³/mol. The zero-order valence-electron chi connectivity index (χ0n) is 13.2. The van der Waals surface area contributed by atoms with Crippen molar-refractivity contribution in [1.82, 2.24) is 4.98 Å². The van der Waals surface area contributed by atoms with Crippen molar-refractivity contribution in [2.24, 2.45) is 0 Å². The van der Waals surface area contributed by atoms with Crippen LogP contribution in [0.1, 0.15) is 21.1 Å². The Balaban J connectivity index is 1.84. The van der Waals surface area contributed by atoms with E-state index in [4.69, 9.17) is 9.84 Å². The summed E-state index contributed by atoms with van der Waals surface area (Å²) in [5.41, 5.74) is 1.04. The van der Waals surface area contributed by atoms with E-state index in [1.54, 1.807) is 12.1 Å². The van der Waals surface area contributed by atoms with Crippen molar-refractivity contribution < 1.29 is 30.0 Å². The quantitative estimate of drug-likeness (QED) is 0.517. The number of carbonyl (C=O) groups is 1. The third-order valence-electron chi connectivity index (χ3n) is 4.22. The fraction of sp³-hybridized carbons (Fsp3) is 0.111. The number of rotatable bonds is 4. The average molecular weight is 371 g/mol. The van der Waals surface area contributed by atoms with Crippen LogP contribution in [-0.4, -0.2) is 31.4 Å². The largest absolute Gasteiger partial charge is 0.476 e. The molecule has 4 rings (SSSR count). The maximum absolute atomic E-state index is 11.1. The Labute approximate surface area is 151 Å². The van der Waals surface area contributed by atoms with Crippen molar-refractivity contribution in [2.45, 2.75) is 11.6 Å². The molecule has 4 N–H and O–H groups in total. The fourth-order valence-electron chi connectivity index (χ4n) is 2.93. The molecule has 2 heterocycles. The molecule has 1 aromatic heterocycles. The van der Waals surface area contributed by atoms with Crippen molar-refractivity contribution in [2.75, 3.05) is 0 Å². The maximum Gasteiger partial charge on any atom is 0.365 e. The molecule has 2 bridgehead atoms. The van der Waals surface area contributed by atoms with Crippen molar-refractivity contribution >= 4 is 17.3 Å². The number of fused-ring (bicyclic) bond motifs is 2. The lowest BCUT2D eigenvalue weighted by atomic mass is 9.90. The molecule has 0 fully saturated rings. The van der Waals surface area contributed by atoms with Crippen LogP contribution in [0.3, 0.4) is 0 Å². The van der Waals surface area contributed by atoms with Gasteiger partial charge < -0.3 is 25.2 Å². The lowest BCUT2D eigenvalue weighted by molar-refractivity contribution is -0.359. The molecule has 1 unspecified atom stereocenters. The number of thiazole rings is 1.